The van der Waals surface area contributed by atoms with Gasteiger partial charge in [0.1, 0.15) is 5.82 Å². The van der Waals surface area contributed by atoms with E-state index in [2.05, 4.69) is 10.3 Å². The predicted molar refractivity (Wildman–Crippen MR) is 53.5 cm³/mol. The second-order valence-electron chi connectivity index (χ2n) is 3.43. The van der Waals surface area contributed by atoms with Crippen molar-refractivity contribution in [2.24, 2.45) is 10.7 Å². The van der Waals surface area contributed by atoms with Gasteiger partial charge in [0, 0.05) is 0 Å². The van der Waals surface area contributed by atoms with Crippen molar-refractivity contribution in [3.63, 3.8) is 0 Å². The molecule has 0 aromatic heterocycles. The lowest BCUT2D eigenvalue weighted by molar-refractivity contribution is 0.608. The average molecular weight is 193 g/mol. The number of nitrogens with zero attached hydrogens (tertiary/aromatic N) is 1. The van der Waals surface area contributed by atoms with E-state index < -0.39 is 0 Å². The normalized spacial score (nSPS) is 20.4. The minimum atomic E-state index is -0.185. The quantitative estimate of drug-likeness (QED) is 0.701. The molecule has 2 rings (SSSR count). The van der Waals surface area contributed by atoms with E-state index in [-0.39, 0.29) is 11.9 Å². The molecule has 0 amide bonds. The van der Waals surface area contributed by atoms with Gasteiger partial charge in [0.2, 0.25) is 0 Å². The number of nitrogens with two attached hydrogens (primary N) is 1. The van der Waals surface area contributed by atoms with Gasteiger partial charge in [-0.3, -0.25) is 4.99 Å². The molecule has 1 aliphatic heterocycles. The molecule has 0 radical (unpaired) electrons. The van der Waals surface area contributed by atoms with Crippen molar-refractivity contribution in [1.29, 1.82) is 0 Å². The molecule has 0 saturated carbocycles. The van der Waals surface area contributed by atoms with E-state index in [0.29, 0.717) is 18.1 Å². The van der Waals surface area contributed by atoms with Crippen LogP contribution in [0.5, 0.6) is 0 Å². The molecule has 1 unspecified atom stereocenters. The molecule has 14 heavy (non-hydrogen) atoms. The van der Waals surface area contributed by atoms with Gasteiger partial charge >= 0.3 is 0 Å². The molecule has 74 valence electrons. The average Bonchev–Trinajstić information content (AvgIpc) is 2.57. The minimum Gasteiger partial charge on any atom is -0.370 e. The SMILES string of the molecule is Cc1ccc(C2CN=C(N)N2)cc1F. The number of aryl methyl sites for hydroxylation is 1. The number of benzene rings is 1. The van der Waals surface area contributed by atoms with Crippen LogP contribution in [0.25, 0.3) is 0 Å². The topological polar surface area (TPSA) is 50.4 Å². The molecule has 0 aliphatic carbocycles. The minimum absolute atomic E-state index is 0.0186. The van der Waals surface area contributed by atoms with Gasteiger partial charge in [-0.1, -0.05) is 12.1 Å². The second-order valence-corrected chi connectivity index (χ2v) is 3.43. The van der Waals surface area contributed by atoms with Gasteiger partial charge in [0.25, 0.3) is 0 Å². The summed E-state index contributed by atoms with van der Waals surface area (Å²) in [5, 5.41) is 2.98. The van der Waals surface area contributed by atoms with Crippen molar-refractivity contribution in [3.05, 3.63) is 35.1 Å². The maximum atomic E-state index is 13.2. The van der Waals surface area contributed by atoms with E-state index >= 15 is 0 Å². The Morgan fingerprint density at radius 3 is 2.93 bits per heavy atom. The fraction of sp³-hybridized carbons (Fsp3) is 0.300. The third-order valence-corrected chi connectivity index (χ3v) is 2.36. The summed E-state index contributed by atoms with van der Waals surface area (Å²) >= 11 is 0. The van der Waals surface area contributed by atoms with Crippen LogP contribution in [0.15, 0.2) is 23.2 Å². The van der Waals surface area contributed by atoms with E-state index in [1.54, 1.807) is 13.0 Å². The fourth-order valence-corrected chi connectivity index (χ4v) is 1.47. The van der Waals surface area contributed by atoms with Crippen LogP contribution < -0.4 is 11.1 Å². The first-order valence-corrected chi connectivity index (χ1v) is 4.49. The Kier molecular flexibility index (Phi) is 2.11. The Morgan fingerprint density at radius 2 is 2.36 bits per heavy atom. The first-order chi connectivity index (χ1) is 6.66. The number of rotatable bonds is 1. The van der Waals surface area contributed by atoms with Gasteiger partial charge in [0.05, 0.1) is 12.6 Å². The van der Waals surface area contributed by atoms with Crippen LogP contribution in [0.1, 0.15) is 17.2 Å². The standard InChI is InChI=1S/C10H12FN3/c1-6-2-3-7(4-8(6)11)9-5-13-10(12)14-9/h2-4,9H,5H2,1H3,(H3,12,13,14). The van der Waals surface area contributed by atoms with Gasteiger partial charge in [-0.15, -0.1) is 0 Å². The first kappa shape index (κ1) is 8.99. The number of halogens is 1. The molecule has 1 aromatic rings. The Morgan fingerprint density at radius 1 is 1.57 bits per heavy atom. The largest absolute Gasteiger partial charge is 0.370 e. The van der Waals surface area contributed by atoms with E-state index in [1.807, 2.05) is 6.07 Å². The fourth-order valence-electron chi connectivity index (χ4n) is 1.47. The third kappa shape index (κ3) is 1.55. The zero-order valence-corrected chi connectivity index (χ0v) is 7.92. The maximum absolute atomic E-state index is 13.2. The zero-order chi connectivity index (χ0) is 10.1. The lowest BCUT2D eigenvalue weighted by Gasteiger charge is -2.11. The number of hydrogen-bond donors (Lipinski definition) is 2. The number of hydrogen-bond acceptors (Lipinski definition) is 3. The summed E-state index contributed by atoms with van der Waals surface area (Å²) < 4.78 is 13.2. The van der Waals surface area contributed by atoms with Crippen LogP contribution in [0.2, 0.25) is 0 Å². The molecule has 4 heteroatoms. The van der Waals surface area contributed by atoms with Gasteiger partial charge in [-0.2, -0.15) is 0 Å². The van der Waals surface area contributed by atoms with Gasteiger partial charge in [-0.25, -0.2) is 4.39 Å². The van der Waals surface area contributed by atoms with Crippen molar-refractivity contribution >= 4 is 5.96 Å². The van der Waals surface area contributed by atoms with E-state index in [0.717, 1.165) is 5.56 Å². The summed E-state index contributed by atoms with van der Waals surface area (Å²) in [6, 6.07) is 5.21. The van der Waals surface area contributed by atoms with Crippen LogP contribution in [-0.4, -0.2) is 12.5 Å². The van der Waals surface area contributed by atoms with Gasteiger partial charge in [-0.05, 0) is 24.1 Å². The summed E-state index contributed by atoms with van der Waals surface area (Å²) in [7, 11) is 0. The third-order valence-electron chi connectivity index (χ3n) is 2.36. The lowest BCUT2D eigenvalue weighted by Crippen LogP contribution is -2.29. The molecule has 0 spiro atoms. The molecular formula is C10H12FN3. The van der Waals surface area contributed by atoms with Gasteiger partial charge in [0.15, 0.2) is 5.96 Å². The Hall–Kier alpha value is -1.58. The molecule has 1 heterocycles. The molecule has 0 fully saturated rings. The van der Waals surface area contributed by atoms with E-state index in [9.17, 15) is 4.39 Å². The van der Waals surface area contributed by atoms with Crippen molar-refractivity contribution in [3.8, 4) is 0 Å². The van der Waals surface area contributed by atoms with Crippen LogP contribution in [-0.2, 0) is 0 Å². The van der Waals surface area contributed by atoms with Crippen LogP contribution in [0.3, 0.4) is 0 Å². The lowest BCUT2D eigenvalue weighted by atomic mass is 10.1. The van der Waals surface area contributed by atoms with Crippen molar-refractivity contribution in [2.75, 3.05) is 6.54 Å². The summed E-state index contributed by atoms with van der Waals surface area (Å²) in [6.07, 6.45) is 0. The molecule has 3 nitrogen and oxygen atoms in total. The number of guanidine groups is 1. The Bertz CT molecular complexity index is 387. The summed E-state index contributed by atoms with van der Waals surface area (Å²) in [6.45, 7) is 2.32. The number of aliphatic imine (C=N–C) groups is 1. The molecule has 0 saturated heterocycles. The molecule has 3 N–H and O–H groups in total. The highest BCUT2D eigenvalue weighted by atomic mass is 19.1. The predicted octanol–water partition coefficient (Wildman–Crippen LogP) is 1.09. The molecular weight excluding hydrogens is 181 g/mol. The highest BCUT2D eigenvalue weighted by Gasteiger charge is 2.17. The Labute approximate surface area is 81.8 Å². The molecule has 1 aliphatic rings. The Balaban J connectivity index is 2.22. The maximum Gasteiger partial charge on any atom is 0.189 e. The van der Waals surface area contributed by atoms with Crippen LogP contribution >= 0.6 is 0 Å². The molecule has 1 aromatic carbocycles. The molecule has 0 bridgehead atoms. The highest BCUT2D eigenvalue weighted by molar-refractivity contribution is 5.80. The zero-order valence-electron chi connectivity index (χ0n) is 7.92. The van der Waals surface area contributed by atoms with E-state index in [4.69, 9.17) is 5.73 Å². The van der Waals surface area contributed by atoms with Gasteiger partial charge < -0.3 is 11.1 Å². The summed E-state index contributed by atoms with van der Waals surface area (Å²) in [4.78, 5) is 4.01. The summed E-state index contributed by atoms with van der Waals surface area (Å²) in [5.74, 6) is 0.241. The highest BCUT2D eigenvalue weighted by Crippen LogP contribution is 2.18. The van der Waals surface area contributed by atoms with Crippen LogP contribution in [0, 0.1) is 12.7 Å². The monoisotopic (exact) mass is 193 g/mol. The van der Waals surface area contributed by atoms with E-state index in [1.165, 1.54) is 6.07 Å². The van der Waals surface area contributed by atoms with Crippen LogP contribution in [0.4, 0.5) is 4.39 Å². The smallest absolute Gasteiger partial charge is 0.189 e. The van der Waals surface area contributed by atoms with Crippen molar-refractivity contribution < 1.29 is 4.39 Å². The summed E-state index contributed by atoms with van der Waals surface area (Å²) in [5.41, 5.74) is 7.02. The first-order valence-electron chi connectivity index (χ1n) is 4.49. The second kappa shape index (κ2) is 3.29. The number of nitrogens with one attached hydrogen (secondary N) is 1. The van der Waals surface area contributed by atoms with Crippen molar-refractivity contribution in [1.82, 2.24) is 5.32 Å². The molecule has 1 atom stereocenters. The van der Waals surface area contributed by atoms with Crippen molar-refractivity contribution in [2.45, 2.75) is 13.0 Å².